The number of hydrogen-bond acceptors (Lipinski definition) is 0. The maximum absolute atomic E-state index is 2.46. The van der Waals surface area contributed by atoms with Gasteiger partial charge in [-0.1, -0.05) is 187 Å². The smallest absolute Gasteiger partial charge is 0.0119 e. The van der Waals surface area contributed by atoms with Gasteiger partial charge in [-0.15, -0.1) is 0 Å². The first-order chi connectivity index (χ1) is 24.4. The summed E-state index contributed by atoms with van der Waals surface area (Å²) in [5, 5.41) is 8.79. The van der Waals surface area contributed by atoms with E-state index in [1.54, 1.807) is 11.1 Å². The maximum Gasteiger partial charge on any atom is -0.0119 e. The van der Waals surface area contributed by atoms with Crippen LogP contribution in [-0.2, 0) is 12.8 Å². The van der Waals surface area contributed by atoms with Gasteiger partial charge in [-0.2, -0.15) is 0 Å². The van der Waals surface area contributed by atoms with Gasteiger partial charge in [-0.3, -0.25) is 0 Å². The lowest BCUT2D eigenvalue weighted by Crippen LogP contribution is -2.34. The fraction of sp³-hybridized carbons (Fsp3) is 0.250. The molecule has 0 saturated heterocycles. The second-order valence-electron chi connectivity index (χ2n) is 14.7. The highest BCUT2D eigenvalue weighted by molar-refractivity contribution is 7.80. The average molecular weight is 689 g/mol. The third kappa shape index (κ3) is 7.89. The van der Waals surface area contributed by atoms with Crippen LogP contribution >= 0.6 is 15.8 Å². The Morgan fingerprint density at radius 1 is 0.380 bits per heavy atom. The number of aryl methyl sites for hydroxylation is 4. The normalized spacial score (nSPS) is 14.3. The van der Waals surface area contributed by atoms with Gasteiger partial charge in [-0.25, -0.2) is 0 Å². The molecule has 0 bridgehead atoms. The molecule has 1 aliphatic carbocycles. The molecule has 0 aliphatic heterocycles. The summed E-state index contributed by atoms with van der Waals surface area (Å²) in [6.45, 7) is 8.78. The molecule has 50 heavy (non-hydrogen) atoms. The summed E-state index contributed by atoms with van der Waals surface area (Å²) in [6, 6.07) is 56.3. The van der Waals surface area contributed by atoms with Crippen LogP contribution in [0.15, 0.2) is 146 Å². The molecule has 6 aromatic rings. The molecule has 0 atom stereocenters. The van der Waals surface area contributed by atoms with Crippen LogP contribution in [0.3, 0.4) is 0 Å². The van der Waals surface area contributed by atoms with Gasteiger partial charge in [0, 0.05) is 0 Å². The van der Waals surface area contributed by atoms with E-state index in [1.165, 1.54) is 86.2 Å². The highest BCUT2D eigenvalue weighted by Gasteiger charge is 2.35. The molecule has 1 saturated carbocycles. The van der Waals surface area contributed by atoms with Crippen LogP contribution in [0.2, 0.25) is 0 Å². The van der Waals surface area contributed by atoms with E-state index in [9.17, 15) is 0 Å². The molecule has 1 fully saturated rings. The molecule has 1 aliphatic rings. The second kappa shape index (κ2) is 15.6. The third-order valence-electron chi connectivity index (χ3n) is 10.7. The largest absolute Gasteiger partial charge is 0.0619 e. The van der Waals surface area contributed by atoms with Crippen molar-refractivity contribution < 1.29 is 0 Å². The lowest BCUT2D eigenvalue weighted by Gasteiger charge is -2.40. The molecule has 0 amide bonds. The van der Waals surface area contributed by atoms with Crippen molar-refractivity contribution in [3.05, 3.63) is 179 Å². The molecule has 2 heteroatoms. The van der Waals surface area contributed by atoms with Crippen LogP contribution in [0.1, 0.15) is 65.5 Å². The zero-order valence-electron chi connectivity index (χ0n) is 30.2. The molecule has 6 aromatic carbocycles. The molecule has 252 valence electrons. The Balaban J connectivity index is 1.30. The van der Waals surface area contributed by atoms with Crippen LogP contribution in [0, 0.1) is 33.1 Å². The highest BCUT2D eigenvalue weighted by Crippen LogP contribution is 2.45. The summed E-state index contributed by atoms with van der Waals surface area (Å²) >= 11 is 0. The summed E-state index contributed by atoms with van der Waals surface area (Å²) in [6.07, 6.45) is 8.82. The zero-order chi connectivity index (χ0) is 34.5. The van der Waals surface area contributed by atoms with Crippen molar-refractivity contribution in [3.63, 3.8) is 0 Å². The number of hydrogen-bond donors (Lipinski definition) is 0. The Hall–Kier alpha value is -3.82. The first-order valence-corrected chi connectivity index (χ1v) is 21.1. The topological polar surface area (TPSA) is 0 Å². The van der Waals surface area contributed by atoms with Gasteiger partial charge >= 0.3 is 0 Å². The maximum atomic E-state index is 2.46. The molecular weight excluding hydrogens is 638 g/mol. The number of rotatable bonds is 10. The SMILES string of the molecule is Cc1ccc(P(c2ccc(C)cc2)c2ccccc2CC2(Cc3ccccc3P(c3ccc(C)cc3)c3ccc(C)cc3)CCCCC2)cc1. The van der Waals surface area contributed by atoms with Crippen LogP contribution in [-0.4, -0.2) is 0 Å². The quantitative estimate of drug-likeness (QED) is 0.126. The standard InChI is InChI=1S/C48H50P2/c1-36-16-24-42(25-17-36)49(43-26-18-37(2)19-27-43)46-14-8-6-12-40(46)34-48(32-10-5-11-33-48)35-41-13-7-9-15-47(41)50(44-28-20-38(3)21-29-44)45-30-22-39(4)23-31-45/h6-9,12-31H,5,10-11,32-35H2,1-4H3. The number of benzene rings is 6. The van der Waals surface area contributed by atoms with Gasteiger partial charge in [0.2, 0.25) is 0 Å². The molecule has 0 unspecified atom stereocenters. The van der Waals surface area contributed by atoms with E-state index >= 15 is 0 Å². The van der Waals surface area contributed by atoms with Gasteiger partial charge in [0.25, 0.3) is 0 Å². The van der Waals surface area contributed by atoms with Gasteiger partial charge in [-0.05, 0) is 118 Å². The van der Waals surface area contributed by atoms with Crippen LogP contribution in [0.5, 0.6) is 0 Å². The van der Waals surface area contributed by atoms with Crippen molar-refractivity contribution in [2.24, 2.45) is 5.41 Å². The van der Waals surface area contributed by atoms with Crippen LogP contribution in [0.4, 0.5) is 0 Å². The molecule has 0 radical (unpaired) electrons. The van der Waals surface area contributed by atoms with Crippen molar-refractivity contribution in [3.8, 4) is 0 Å². The summed E-state index contributed by atoms with van der Waals surface area (Å²) in [5.74, 6) is 0. The lowest BCUT2D eigenvalue weighted by atomic mass is 9.67. The van der Waals surface area contributed by atoms with E-state index in [-0.39, 0.29) is 5.41 Å². The summed E-state index contributed by atoms with van der Waals surface area (Å²) in [7, 11) is -1.36. The molecule has 0 N–H and O–H groups in total. The minimum absolute atomic E-state index is 0.230. The Kier molecular flexibility index (Phi) is 10.8. The van der Waals surface area contributed by atoms with Gasteiger partial charge in [0.05, 0.1) is 0 Å². The fourth-order valence-electron chi connectivity index (χ4n) is 7.91. The first-order valence-electron chi connectivity index (χ1n) is 18.4. The van der Waals surface area contributed by atoms with E-state index in [0.29, 0.717) is 0 Å². The van der Waals surface area contributed by atoms with Crippen molar-refractivity contribution >= 4 is 47.7 Å². The van der Waals surface area contributed by atoms with E-state index in [1.807, 2.05) is 0 Å². The minimum Gasteiger partial charge on any atom is -0.0619 e. The average Bonchev–Trinajstić information content (AvgIpc) is 3.13. The van der Waals surface area contributed by atoms with E-state index in [4.69, 9.17) is 0 Å². The Morgan fingerprint density at radius 3 is 1.00 bits per heavy atom. The van der Waals surface area contributed by atoms with Gasteiger partial charge in [0.1, 0.15) is 0 Å². The monoisotopic (exact) mass is 688 g/mol. The van der Waals surface area contributed by atoms with Gasteiger partial charge < -0.3 is 0 Å². The predicted molar refractivity (Wildman–Crippen MR) is 222 cm³/mol. The van der Waals surface area contributed by atoms with Crippen LogP contribution < -0.4 is 31.8 Å². The van der Waals surface area contributed by atoms with Crippen molar-refractivity contribution in [1.82, 2.24) is 0 Å². The van der Waals surface area contributed by atoms with Gasteiger partial charge in [0.15, 0.2) is 0 Å². The van der Waals surface area contributed by atoms with Crippen molar-refractivity contribution in [1.29, 1.82) is 0 Å². The summed E-state index contributed by atoms with van der Waals surface area (Å²) in [4.78, 5) is 0. The molecular formula is C48H50P2. The molecule has 0 aromatic heterocycles. The van der Waals surface area contributed by atoms with Crippen molar-refractivity contribution in [2.45, 2.75) is 72.6 Å². The summed E-state index contributed by atoms with van der Waals surface area (Å²) in [5.41, 5.74) is 8.58. The summed E-state index contributed by atoms with van der Waals surface area (Å²) < 4.78 is 0. The van der Waals surface area contributed by atoms with Crippen molar-refractivity contribution in [2.75, 3.05) is 0 Å². The Morgan fingerprint density at radius 2 is 0.680 bits per heavy atom. The zero-order valence-corrected chi connectivity index (χ0v) is 32.0. The van der Waals surface area contributed by atoms with Crippen LogP contribution in [0.25, 0.3) is 0 Å². The molecule has 7 rings (SSSR count). The first kappa shape index (κ1) is 34.6. The molecule has 0 nitrogen and oxygen atoms in total. The van der Waals surface area contributed by atoms with E-state index in [2.05, 4.69) is 173 Å². The molecule has 0 heterocycles. The Labute approximate surface area is 303 Å². The fourth-order valence-corrected chi connectivity index (χ4v) is 12.8. The molecule has 0 spiro atoms. The minimum atomic E-state index is -0.679. The third-order valence-corrected chi connectivity index (χ3v) is 15.8. The van der Waals surface area contributed by atoms with E-state index < -0.39 is 15.8 Å². The Bertz CT molecular complexity index is 1760. The second-order valence-corrected chi connectivity index (χ2v) is 19.1. The predicted octanol–water partition coefficient (Wildman–Crippen LogP) is 10.2. The lowest BCUT2D eigenvalue weighted by molar-refractivity contribution is 0.187. The van der Waals surface area contributed by atoms with E-state index in [0.717, 1.165) is 12.8 Å². The highest BCUT2D eigenvalue weighted by atomic mass is 31.1.